The van der Waals surface area contributed by atoms with Crippen LogP contribution in [-0.2, 0) is 37.5 Å². The summed E-state index contributed by atoms with van der Waals surface area (Å²) in [7, 11) is 0. The van der Waals surface area contributed by atoms with E-state index in [-0.39, 0.29) is 38.8 Å². The van der Waals surface area contributed by atoms with Crippen molar-refractivity contribution in [3.8, 4) is 0 Å². The molecule has 2 aliphatic rings. The van der Waals surface area contributed by atoms with E-state index < -0.39 is 0 Å². The first-order chi connectivity index (χ1) is 15.0. The van der Waals surface area contributed by atoms with Crippen molar-refractivity contribution in [1.29, 1.82) is 0 Å². The van der Waals surface area contributed by atoms with E-state index in [4.69, 9.17) is 0 Å². The summed E-state index contributed by atoms with van der Waals surface area (Å²) in [6.45, 7) is 13.0. The maximum Gasteiger partial charge on any atom is 0.285 e. The zero-order valence-corrected chi connectivity index (χ0v) is 23.5. The number of likely N-dealkylation sites (tertiary alicyclic amines) is 1. The van der Waals surface area contributed by atoms with Crippen LogP contribution in [0.15, 0.2) is 48.5 Å². The van der Waals surface area contributed by atoms with Crippen molar-refractivity contribution in [1.82, 2.24) is 0 Å². The van der Waals surface area contributed by atoms with Gasteiger partial charge in [-0.05, 0) is 70.9 Å². The van der Waals surface area contributed by atoms with E-state index >= 15 is 0 Å². The van der Waals surface area contributed by atoms with Gasteiger partial charge in [0, 0.05) is 51.4 Å². The number of hydrogen-bond donors (Lipinski definition) is 0. The molecule has 1 radical (unpaired) electrons. The molecule has 0 aliphatic carbocycles. The van der Waals surface area contributed by atoms with Crippen molar-refractivity contribution < 1.29 is 42.0 Å². The van der Waals surface area contributed by atoms with Crippen LogP contribution >= 0.6 is 0 Å². The zero-order chi connectivity index (χ0) is 22.3. The van der Waals surface area contributed by atoms with Gasteiger partial charge in [-0.3, -0.25) is 4.79 Å². The Morgan fingerprint density at radius 3 is 1.94 bits per heavy atom. The van der Waals surface area contributed by atoms with Gasteiger partial charge < -0.3 is 9.38 Å². The van der Waals surface area contributed by atoms with Crippen LogP contribution < -0.4 is 4.90 Å². The molecule has 2 aromatic carbocycles. The third-order valence-corrected chi connectivity index (χ3v) is 7.31. The third-order valence-electron chi connectivity index (χ3n) is 7.31. The van der Waals surface area contributed by atoms with Gasteiger partial charge in [0.2, 0.25) is 0 Å². The average Bonchev–Trinajstić information content (AvgIpc) is 3.02. The number of benzene rings is 2. The number of amides is 1. The summed E-state index contributed by atoms with van der Waals surface area (Å²) in [5.74, 6) is 0.377. The summed E-state index contributed by atoms with van der Waals surface area (Å²) in [6, 6.07) is 16.8. The van der Waals surface area contributed by atoms with E-state index in [9.17, 15) is 4.79 Å². The molecule has 1 unspecified atom stereocenters. The molecule has 0 aromatic heterocycles. The molecule has 4 rings (SSSR count). The van der Waals surface area contributed by atoms with Gasteiger partial charge in [0.1, 0.15) is 0 Å². The summed E-state index contributed by atoms with van der Waals surface area (Å²) in [4.78, 5) is 15.6. The van der Waals surface area contributed by atoms with Gasteiger partial charge >= 0.3 is 0 Å². The van der Waals surface area contributed by atoms with Crippen LogP contribution in [0.25, 0.3) is 0 Å². The third kappa shape index (κ3) is 6.52. The van der Waals surface area contributed by atoms with Crippen LogP contribution in [-0.4, -0.2) is 42.6 Å². The van der Waals surface area contributed by atoms with Gasteiger partial charge in [-0.15, -0.1) is 0 Å². The van der Waals surface area contributed by atoms with E-state index in [1.54, 1.807) is 0 Å². The SMILES string of the molecule is CC[N+]1(C2CCCN(c3c(C)cccc3C)C2=O)CCCCCC1.Cc1ccccc1.[Y]. The Hall–Kier alpha value is -1.03. The van der Waals surface area contributed by atoms with Gasteiger partial charge in [0.25, 0.3) is 5.91 Å². The predicted octanol–water partition coefficient (Wildman–Crippen LogP) is 6.20. The van der Waals surface area contributed by atoms with Crippen molar-refractivity contribution in [2.24, 2.45) is 0 Å². The van der Waals surface area contributed by atoms with Gasteiger partial charge in [0.15, 0.2) is 6.04 Å². The molecule has 4 heteroatoms. The fourth-order valence-electron chi connectivity index (χ4n) is 5.52. The quantitative estimate of drug-likeness (QED) is 0.450. The number of aryl methyl sites for hydroxylation is 3. The Labute approximate surface area is 221 Å². The summed E-state index contributed by atoms with van der Waals surface area (Å²) < 4.78 is 1.03. The Kier molecular flexibility index (Phi) is 11.1. The Morgan fingerprint density at radius 2 is 1.44 bits per heavy atom. The van der Waals surface area contributed by atoms with E-state index in [1.807, 2.05) is 18.2 Å². The number of carbonyl (C=O) groups is 1. The molecule has 2 saturated heterocycles. The van der Waals surface area contributed by atoms with Crippen molar-refractivity contribution in [3.63, 3.8) is 0 Å². The van der Waals surface area contributed by atoms with E-state index in [0.717, 1.165) is 36.1 Å². The Bertz CT molecular complexity index is 824. The normalized spacial score (nSPS) is 20.4. The molecule has 2 fully saturated rings. The Morgan fingerprint density at radius 1 is 0.844 bits per heavy atom. The topological polar surface area (TPSA) is 20.3 Å². The maximum absolute atomic E-state index is 13.5. The minimum Gasteiger partial charge on any atom is -0.314 e. The maximum atomic E-state index is 13.5. The van der Waals surface area contributed by atoms with E-state index in [2.05, 4.69) is 62.9 Å². The first-order valence-electron chi connectivity index (χ1n) is 12.2. The van der Waals surface area contributed by atoms with E-state index in [1.165, 1.54) is 55.5 Å². The molecular weight excluding hydrogens is 469 g/mol. The van der Waals surface area contributed by atoms with Crippen molar-refractivity contribution in [3.05, 3.63) is 65.2 Å². The second kappa shape index (κ2) is 13.0. The van der Waals surface area contributed by atoms with Gasteiger partial charge in [-0.1, -0.05) is 54.1 Å². The van der Waals surface area contributed by atoms with Crippen LogP contribution in [0.3, 0.4) is 0 Å². The molecule has 2 aliphatic heterocycles. The number of para-hydroxylation sites is 1. The number of anilines is 1. The number of nitrogens with zero attached hydrogens (tertiary/aromatic N) is 2. The molecule has 0 spiro atoms. The van der Waals surface area contributed by atoms with Crippen LogP contribution in [0.2, 0.25) is 0 Å². The first-order valence-corrected chi connectivity index (χ1v) is 12.2. The van der Waals surface area contributed by atoms with Crippen molar-refractivity contribution >= 4 is 11.6 Å². The van der Waals surface area contributed by atoms with Crippen LogP contribution in [0, 0.1) is 20.8 Å². The predicted molar refractivity (Wildman–Crippen MR) is 131 cm³/mol. The van der Waals surface area contributed by atoms with Crippen molar-refractivity contribution in [2.75, 3.05) is 31.1 Å². The van der Waals surface area contributed by atoms with Crippen LogP contribution in [0.4, 0.5) is 5.69 Å². The van der Waals surface area contributed by atoms with E-state index in [0.29, 0.717) is 5.91 Å². The van der Waals surface area contributed by atoms with Crippen molar-refractivity contribution in [2.45, 2.75) is 72.3 Å². The van der Waals surface area contributed by atoms with Crippen LogP contribution in [0.5, 0.6) is 0 Å². The fraction of sp³-hybridized carbons (Fsp3) is 0.536. The van der Waals surface area contributed by atoms with Gasteiger partial charge in [0.05, 0.1) is 19.6 Å². The number of hydrogen-bond acceptors (Lipinski definition) is 1. The molecule has 2 aromatic rings. The number of rotatable bonds is 3. The largest absolute Gasteiger partial charge is 0.314 e. The molecule has 1 atom stereocenters. The standard InChI is InChI=1S/C21H33N2O.C7H8.Y/c1-4-23(15-7-5-6-8-16-23)19-13-10-14-22(21(19)24)20-17(2)11-9-12-18(20)3;1-7-5-3-2-4-6-7;/h9,11-12,19H,4-8,10,13-16H2,1-3H3;2-6H,1H3;/q+1;;. The summed E-state index contributed by atoms with van der Waals surface area (Å²) in [5, 5.41) is 0. The number of carbonyl (C=O) groups excluding carboxylic acids is 1. The molecule has 2 heterocycles. The monoisotopic (exact) mass is 510 g/mol. The Balaban J connectivity index is 0.000000388. The molecular formula is C28H41N2OY+. The molecule has 0 bridgehead atoms. The van der Waals surface area contributed by atoms with Gasteiger partial charge in [-0.25, -0.2) is 0 Å². The minimum absolute atomic E-state index is 0. The molecule has 0 saturated carbocycles. The second-order valence-corrected chi connectivity index (χ2v) is 9.44. The summed E-state index contributed by atoms with van der Waals surface area (Å²) in [5.41, 5.74) is 4.93. The fourth-order valence-corrected chi connectivity index (χ4v) is 5.52. The number of likely N-dealkylation sites (N-methyl/N-ethyl adjacent to an activating group) is 1. The smallest absolute Gasteiger partial charge is 0.285 e. The van der Waals surface area contributed by atoms with Gasteiger partial charge in [-0.2, -0.15) is 0 Å². The number of piperidine rings is 1. The summed E-state index contributed by atoms with van der Waals surface area (Å²) >= 11 is 0. The molecule has 171 valence electrons. The molecule has 0 N–H and O–H groups in total. The minimum atomic E-state index is 0. The van der Waals surface area contributed by atoms with Crippen LogP contribution in [0.1, 0.15) is 62.1 Å². The molecule has 3 nitrogen and oxygen atoms in total. The second-order valence-electron chi connectivity index (χ2n) is 9.44. The zero-order valence-electron chi connectivity index (χ0n) is 20.6. The summed E-state index contributed by atoms with van der Waals surface area (Å²) in [6.07, 6.45) is 7.42. The number of quaternary nitrogens is 1. The average molecular weight is 511 g/mol. The molecule has 32 heavy (non-hydrogen) atoms. The first kappa shape index (κ1) is 27.2. The molecule has 1 amide bonds.